The highest BCUT2D eigenvalue weighted by molar-refractivity contribution is 6.43. The molecule has 0 aliphatic carbocycles. The van der Waals surface area contributed by atoms with E-state index in [1.54, 1.807) is 0 Å². The van der Waals surface area contributed by atoms with Crippen molar-refractivity contribution in [1.82, 2.24) is 9.97 Å². The van der Waals surface area contributed by atoms with Gasteiger partial charge in [0.15, 0.2) is 0 Å². The van der Waals surface area contributed by atoms with Crippen molar-refractivity contribution >= 4 is 35.1 Å². The summed E-state index contributed by atoms with van der Waals surface area (Å²) in [5.74, 6) is -2.52. The fourth-order valence-corrected chi connectivity index (χ4v) is 2.73. The molecule has 1 atom stereocenters. The summed E-state index contributed by atoms with van der Waals surface area (Å²) in [6.45, 7) is 7.51. The molecule has 9 heteroatoms. The topological polar surface area (TPSA) is 153 Å². The summed E-state index contributed by atoms with van der Waals surface area (Å²) in [5.41, 5.74) is 13.2. The van der Waals surface area contributed by atoms with Crippen LogP contribution in [0.1, 0.15) is 35.3 Å². The number of carbonyl (C=O) groups is 3. The third kappa shape index (κ3) is 5.03. The minimum Gasteiger partial charge on any atom is -0.368 e. The van der Waals surface area contributed by atoms with Crippen LogP contribution >= 0.6 is 0 Å². The first kappa shape index (κ1) is 20.8. The van der Waals surface area contributed by atoms with Gasteiger partial charge in [0.2, 0.25) is 11.9 Å². The second-order valence-corrected chi connectivity index (χ2v) is 6.92. The lowest BCUT2D eigenvalue weighted by Gasteiger charge is -2.19. The zero-order valence-electron chi connectivity index (χ0n) is 16.2. The molecule has 0 saturated heterocycles. The van der Waals surface area contributed by atoms with Gasteiger partial charge in [-0.2, -0.15) is 4.98 Å². The molecule has 148 valence electrons. The van der Waals surface area contributed by atoms with Gasteiger partial charge in [0, 0.05) is 11.9 Å². The van der Waals surface area contributed by atoms with Gasteiger partial charge in [-0.05, 0) is 43.0 Å². The molecule has 2 amide bonds. The van der Waals surface area contributed by atoms with Gasteiger partial charge in [0.25, 0.3) is 11.7 Å². The largest absolute Gasteiger partial charge is 0.368 e. The minimum absolute atomic E-state index is 0.0719. The van der Waals surface area contributed by atoms with Crippen LogP contribution in [-0.4, -0.2) is 33.6 Å². The summed E-state index contributed by atoms with van der Waals surface area (Å²) in [7, 11) is 0. The Balaban J connectivity index is 2.47. The van der Waals surface area contributed by atoms with Gasteiger partial charge < -0.3 is 22.1 Å². The first-order valence-electron chi connectivity index (χ1n) is 8.70. The van der Waals surface area contributed by atoms with Crippen LogP contribution in [0.25, 0.3) is 0 Å². The summed E-state index contributed by atoms with van der Waals surface area (Å²) in [4.78, 5) is 43.4. The summed E-state index contributed by atoms with van der Waals surface area (Å²) in [6, 6.07) is 5.02. The van der Waals surface area contributed by atoms with Crippen LogP contribution in [0, 0.1) is 19.8 Å². The van der Waals surface area contributed by atoms with E-state index >= 15 is 0 Å². The molecule has 0 radical (unpaired) electrons. The molecule has 2 aromatic rings. The van der Waals surface area contributed by atoms with E-state index in [1.165, 1.54) is 6.20 Å². The molecule has 28 heavy (non-hydrogen) atoms. The fourth-order valence-electron chi connectivity index (χ4n) is 2.73. The van der Waals surface area contributed by atoms with Crippen molar-refractivity contribution in [3.05, 3.63) is 41.1 Å². The fraction of sp³-hybridized carbons (Fsp3) is 0.316. The van der Waals surface area contributed by atoms with Crippen LogP contribution in [0.4, 0.5) is 17.5 Å². The van der Waals surface area contributed by atoms with Crippen molar-refractivity contribution in [2.24, 2.45) is 17.4 Å². The maximum atomic E-state index is 12.2. The van der Waals surface area contributed by atoms with E-state index in [1.807, 2.05) is 45.9 Å². The normalized spacial score (nSPS) is 11.8. The van der Waals surface area contributed by atoms with Crippen molar-refractivity contribution < 1.29 is 14.4 Å². The van der Waals surface area contributed by atoms with Crippen LogP contribution in [0.15, 0.2) is 24.4 Å². The van der Waals surface area contributed by atoms with Gasteiger partial charge >= 0.3 is 0 Å². The zero-order valence-corrected chi connectivity index (χ0v) is 16.2. The highest BCUT2D eigenvalue weighted by atomic mass is 16.2. The number of benzene rings is 1. The monoisotopic (exact) mass is 384 g/mol. The molecule has 2 rings (SSSR count). The number of anilines is 3. The van der Waals surface area contributed by atoms with E-state index in [2.05, 4.69) is 20.6 Å². The van der Waals surface area contributed by atoms with Crippen LogP contribution in [0.2, 0.25) is 0 Å². The number of aromatic nitrogens is 2. The van der Waals surface area contributed by atoms with Crippen molar-refractivity contribution in [3.8, 4) is 0 Å². The molecule has 6 N–H and O–H groups in total. The number of primary amides is 2. The number of rotatable bonds is 8. The van der Waals surface area contributed by atoms with Crippen LogP contribution in [0.5, 0.6) is 0 Å². The van der Waals surface area contributed by atoms with Gasteiger partial charge in [0.1, 0.15) is 11.9 Å². The number of hydrogen-bond donors (Lipinski definition) is 4. The number of hydrogen-bond acceptors (Lipinski definition) is 7. The molecular formula is C19H24N6O3. The Kier molecular flexibility index (Phi) is 6.29. The van der Waals surface area contributed by atoms with Gasteiger partial charge in [0.05, 0.1) is 5.56 Å². The number of nitrogens with two attached hydrogens (primary N) is 2. The van der Waals surface area contributed by atoms with Crippen LogP contribution < -0.4 is 22.1 Å². The van der Waals surface area contributed by atoms with Gasteiger partial charge in [-0.1, -0.05) is 19.9 Å². The number of nitrogens with zero attached hydrogens (tertiary/aromatic N) is 2. The second-order valence-electron chi connectivity index (χ2n) is 6.92. The number of ketones is 1. The summed E-state index contributed by atoms with van der Waals surface area (Å²) >= 11 is 0. The maximum Gasteiger partial charge on any atom is 0.290 e. The Morgan fingerprint density at radius 3 is 2.14 bits per heavy atom. The second kappa shape index (κ2) is 8.47. The number of carbonyl (C=O) groups excluding carboxylic acids is 3. The Hall–Kier alpha value is -3.49. The average Bonchev–Trinajstić information content (AvgIpc) is 2.57. The van der Waals surface area contributed by atoms with E-state index in [9.17, 15) is 14.4 Å². The van der Waals surface area contributed by atoms with E-state index in [0.717, 1.165) is 11.1 Å². The minimum atomic E-state index is -1.12. The van der Waals surface area contributed by atoms with E-state index < -0.39 is 23.6 Å². The van der Waals surface area contributed by atoms with Crippen molar-refractivity contribution in [1.29, 1.82) is 0 Å². The average molecular weight is 384 g/mol. The third-order valence-electron chi connectivity index (χ3n) is 4.00. The van der Waals surface area contributed by atoms with Crippen molar-refractivity contribution in [3.63, 3.8) is 0 Å². The smallest absolute Gasteiger partial charge is 0.290 e. The molecule has 0 spiro atoms. The summed E-state index contributed by atoms with van der Waals surface area (Å²) in [5, 5.41) is 5.88. The molecule has 0 saturated carbocycles. The van der Waals surface area contributed by atoms with E-state index in [4.69, 9.17) is 11.5 Å². The van der Waals surface area contributed by atoms with Gasteiger partial charge in [-0.15, -0.1) is 0 Å². The lowest BCUT2D eigenvalue weighted by atomic mass is 10.0. The van der Waals surface area contributed by atoms with Crippen LogP contribution in [-0.2, 0) is 9.59 Å². The highest BCUT2D eigenvalue weighted by Crippen LogP contribution is 2.23. The molecule has 0 aliphatic heterocycles. The Labute approximate surface area is 162 Å². The molecule has 0 aliphatic rings. The standard InChI is InChI=1S/C19H24N6O3/c1-9(2)14(16(20)27)24-19-22-8-13(15(26)17(21)28)18(25-19)23-12-6-10(3)5-11(4)7-12/h5-9,14H,1-4H3,(H2,20,27)(H2,21,28)(H2,22,23,24,25)/t14-/m1/s1. The molecule has 0 bridgehead atoms. The predicted molar refractivity (Wildman–Crippen MR) is 106 cm³/mol. The Bertz CT molecular complexity index is 906. The molecule has 0 unspecified atom stereocenters. The van der Waals surface area contributed by atoms with Gasteiger partial charge in [-0.25, -0.2) is 4.98 Å². The Morgan fingerprint density at radius 2 is 1.64 bits per heavy atom. The lowest BCUT2D eigenvalue weighted by Crippen LogP contribution is -2.40. The third-order valence-corrected chi connectivity index (χ3v) is 4.00. The number of nitrogens with one attached hydrogen (secondary N) is 2. The number of amides is 2. The molecule has 1 heterocycles. The van der Waals surface area contributed by atoms with Gasteiger partial charge in [-0.3, -0.25) is 14.4 Å². The molecule has 1 aromatic heterocycles. The number of aryl methyl sites for hydroxylation is 2. The van der Waals surface area contributed by atoms with E-state index in [0.29, 0.717) is 5.69 Å². The van der Waals surface area contributed by atoms with Crippen molar-refractivity contribution in [2.75, 3.05) is 10.6 Å². The molecular weight excluding hydrogens is 360 g/mol. The van der Waals surface area contributed by atoms with E-state index in [-0.39, 0.29) is 23.2 Å². The van der Waals surface area contributed by atoms with Crippen molar-refractivity contribution in [2.45, 2.75) is 33.7 Å². The number of Topliss-reactive ketones (excluding diaryl/α,β-unsaturated/α-hetero) is 1. The maximum absolute atomic E-state index is 12.2. The molecule has 0 fully saturated rings. The first-order valence-corrected chi connectivity index (χ1v) is 8.70. The quantitative estimate of drug-likeness (QED) is 0.396. The SMILES string of the molecule is Cc1cc(C)cc(Nc2nc(N[C@@H](C(N)=O)C(C)C)ncc2C(=O)C(N)=O)c1. The zero-order chi connectivity index (χ0) is 21.0. The van der Waals surface area contributed by atoms with Crippen LogP contribution in [0.3, 0.4) is 0 Å². The molecule has 9 nitrogen and oxygen atoms in total. The predicted octanol–water partition coefficient (Wildman–Crippen LogP) is 1.43. The Morgan fingerprint density at radius 1 is 1.04 bits per heavy atom. The summed E-state index contributed by atoms with van der Waals surface area (Å²) < 4.78 is 0. The first-order chi connectivity index (χ1) is 13.1. The lowest BCUT2D eigenvalue weighted by molar-refractivity contribution is -0.119. The highest BCUT2D eigenvalue weighted by Gasteiger charge is 2.23. The molecule has 1 aromatic carbocycles. The summed E-state index contributed by atoms with van der Waals surface area (Å²) in [6.07, 6.45) is 1.19.